The molecule has 246 valence electrons. The molecular formula is C46H30N4O2. The minimum absolute atomic E-state index is 0.392. The third kappa shape index (κ3) is 5.53. The number of hydrogen-bond acceptors (Lipinski definition) is 6. The Labute approximate surface area is 301 Å². The van der Waals surface area contributed by atoms with Crippen LogP contribution in [-0.4, -0.2) is 35.9 Å². The second-order valence-electron chi connectivity index (χ2n) is 12.5. The minimum atomic E-state index is -0.392. The van der Waals surface area contributed by atoms with Crippen LogP contribution >= 0.6 is 0 Å². The molecule has 6 heteroatoms. The summed E-state index contributed by atoms with van der Waals surface area (Å²) in [6.07, 6.45) is 16.4. The second kappa shape index (κ2) is 13.0. The summed E-state index contributed by atoms with van der Waals surface area (Å²) in [6, 6.07) is 38.2. The summed E-state index contributed by atoms with van der Waals surface area (Å²) < 4.78 is 4.97. The first-order valence-electron chi connectivity index (χ1n) is 17.1. The molecule has 0 amide bonds. The van der Waals surface area contributed by atoms with Crippen molar-refractivity contribution in [2.75, 3.05) is 7.11 Å². The molecule has 0 aliphatic carbocycles. The van der Waals surface area contributed by atoms with Crippen LogP contribution in [-0.2, 0) is 4.74 Å². The first-order chi connectivity index (χ1) is 25.6. The van der Waals surface area contributed by atoms with Crippen molar-refractivity contribution in [3.8, 4) is 0 Å². The quantitative estimate of drug-likeness (QED) is 0.198. The molecule has 8 bridgehead atoms. The lowest BCUT2D eigenvalue weighted by molar-refractivity contribution is 0.0600. The molecule has 5 aliphatic heterocycles. The van der Waals surface area contributed by atoms with Crippen LogP contribution in [0.25, 0.3) is 22.3 Å². The number of rotatable bonds is 5. The van der Waals surface area contributed by atoms with Crippen LogP contribution in [0.1, 0.15) is 32.6 Å². The van der Waals surface area contributed by atoms with E-state index in [1.165, 1.54) is 7.11 Å². The molecule has 52 heavy (non-hydrogen) atoms. The van der Waals surface area contributed by atoms with E-state index in [-0.39, 0.29) is 0 Å². The molecule has 6 nitrogen and oxygen atoms in total. The van der Waals surface area contributed by atoms with E-state index in [0.717, 1.165) is 90.2 Å². The highest BCUT2D eigenvalue weighted by Gasteiger charge is 2.27. The van der Waals surface area contributed by atoms with Gasteiger partial charge in [0.25, 0.3) is 0 Å². The smallest absolute Gasteiger partial charge is 0.337 e. The zero-order valence-electron chi connectivity index (χ0n) is 28.2. The van der Waals surface area contributed by atoms with Crippen molar-refractivity contribution in [2.45, 2.75) is 0 Å². The van der Waals surface area contributed by atoms with Gasteiger partial charge in [0.05, 0.1) is 58.3 Å². The molecule has 0 saturated heterocycles. The summed E-state index contributed by atoms with van der Waals surface area (Å²) in [5.41, 5.74) is 14.4. The van der Waals surface area contributed by atoms with Gasteiger partial charge in [-0.2, -0.15) is 0 Å². The van der Waals surface area contributed by atoms with Crippen LogP contribution < -0.4 is 0 Å². The summed E-state index contributed by atoms with van der Waals surface area (Å²) in [5, 5.41) is 0. The molecule has 0 radical (unpaired) electrons. The van der Waals surface area contributed by atoms with E-state index in [1.54, 1.807) is 12.1 Å². The molecule has 9 rings (SSSR count). The predicted octanol–water partition coefficient (Wildman–Crippen LogP) is 9.47. The van der Waals surface area contributed by atoms with E-state index in [4.69, 9.17) is 24.7 Å². The van der Waals surface area contributed by atoms with Crippen molar-refractivity contribution >= 4 is 51.1 Å². The number of carbonyl (C=O) groups excluding carboxylic acids is 1. The summed E-state index contributed by atoms with van der Waals surface area (Å²) in [6.45, 7) is 0. The maximum absolute atomic E-state index is 12.3. The number of esters is 1. The average Bonchev–Trinajstić information content (AvgIpc) is 4.04. The standard InChI is InChI=1S/C46H30N4O2/c1-52-46(51)33-19-17-32(18-20-33)45-40-27-25-38(49-40)43(30-13-7-3-8-14-30)36-23-21-34(47-36)42(29-11-5-2-6-12-29)35-22-24-37(48-35)44(31-15-9-4-10-16-31)39-26-28-41(45)50-39/h2-28H,1H3. The SMILES string of the molecule is COC(=O)c1ccc(C2=C3C=CC(=N3)C(c3ccccc3)=C3C=CC(=N3)C(c3ccccc3)=C3C=CC(=N3)C(c3ccccc3)=C3C=CC2=N3)cc1. The fraction of sp³-hybridized carbons (Fsp3) is 0.0217. The van der Waals surface area contributed by atoms with E-state index in [0.29, 0.717) is 5.56 Å². The summed E-state index contributed by atoms with van der Waals surface area (Å²) in [5.74, 6) is -0.392. The van der Waals surface area contributed by atoms with Gasteiger partial charge in [-0.15, -0.1) is 0 Å². The lowest BCUT2D eigenvalue weighted by atomic mass is 9.97. The van der Waals surface area contributed by atoms with Crippen LogP contribution in [0.2, 0.25) is 0 Å². The largest absolute Gasteiger partial charge is 0.465 e. The highest BCUT2D eigenvalue weighted by Crippen LogP contribution is 2.38. The third-order valence-electron chi connectivity index (χ3n) is 9.39. The van der Waals surface area contributed by atoms with E-state index < -0.39 is 5.97 Å². The van der Waals surface area contributed by atoms with Gasteiger partial charge in [0.15, 0.2) is 0 Å². The molecule has 4 aromatic carbocycles. The number of allylic oxidation sites excluding steroid dienone is 12. The molecule has 0 fully saturated rings. The Bertz CT molecular complexity index is 2510. The predicted molar refractivity (Wildman–Crippen MR) is 211 cm³/mol. The summed E-state index contributed by atoms with van der Waals surface area (Å²) >= 11 is 0. The normalized spacial score (nSPS) is 17.2. The Morgan fingerprint density at radius 1 is 0.385 bits per heavy atom. The molecule has 0 atom stereocenters. The Morgan fingerprint density at radius 2 is 0.673 bits per heavy atom. The Morgan fingerprint density at radius 3 is 0.962 bits per heavy atom. The molecule has 0 saturated carbocycles. The van der Waals surface area contributed by atoms with E-state index in [1.807, 2.05) is 91.0 Å². The summed E-state index contributed by atoms with van der Waals surface area (Å²) in [7, 11) is 1.38. The highest BCUT2D eigenvalue weighted by molar-refractivity contribution is 6.39. The van der Waals surface area contributed by atoms with Crippen molar-refractivity contribution in [3.63, 3.8) is 0 Å². The zero-order chi connectivity index (χ0) is 35.0. The van der Waals surface area contributed by atoms with Crippen molar-refractivity contribution < 1.29 is 9.53 Å². The van der Waals surface area contributed by atoms with Crippen LogP contribution in [0.4, 0.5) is 0 Å². The maximum Gasteiger partial charge on any atom is 0.337 e. The molecule has 4 aromatic rings. The van der Waals surface area contributed by atoms with E-state index >= 15 is 0 Å². The average molecular weight is 671 g/mol. The van der Waals surface area contributed by atoms with Crippen molar-refractivity contribution in [2.24, 2.45) is 20.0 Å². The van der Waals surface area contributed by atoms with Gasteiger partial charge < -0.3 is 4.74 Å². The molecule has 0 spiro atoms. The fourth-order valence-electron chi connectivity index (χ4n) is 6.98. The van der Waals surface area contributed by atoms with E-state index in [2.05, 4.69) is 60.7 Å². The topological polar surface area (TPSA) is 75.7 Å². The zero-order valence-corrected chi connectivity index (χ0v) is 28.2. The molecule has 5 aliphatic rings. The van der Waals surface area contributed by atoms with Crippen LogP contribution in [0, 0.1) is 0 Å². The fourth-order valence-corrected chi connectivity index (χ4v) is 6.98. The first kappa shape index (κ1) is 31.0. The number of hydrogen-bond donors (Lipinski definition) is 0. The van der Waals surface area contributed by atoms with Gasteiger partial charge in [-0.25, -0.2) is 24.8 Å². The number of aliphatic imine (C=N–C) groups is 4. The van der Waals surface area contributed by atoms with Gasteiger partial charge in [-0.05, 0) is 83.0 Å². The monoisotopic (exact) mass is 670 g/mol. The number of fused-ring (bicyclic) bond motifs is 4. The lowest BCUT2D eigenvalue weighted by Crippen LogP contribution is -2.04. The first-order valence-corrected chi connectivity index (χ1v) is 17.1. The van der Waals surface area contributed by atoms with Crippen LogP contribution in [0.3, 0.4) is 0 Å². The number of methoxy groups -OCH3 is 1. The molecule has 0 N–H and O–H groups in total. The van der Waals surface area contributed by atoms with Crippen molar-refractivity contribution in [3.05, 3.63) is 214 Å². The molecule has 0 unspecified atom stereocenters. The van der Waals surface area contributed by atoms with Gasteiger partial charge in [-0.3, -0.25) is 0 Å². The Kier molecular flexibility index (Phi) is 7.75. The number of benzene rings is 4. The van der Waals surface area contributed by atoms with Gasteiger partial charge in [-0.1, -0.05) is 103 Å². The number of nitrogens with zero attached hydrogens (tertiary/aromatic N) is 4. The molecular weight excluding hydrogens is 641 g/mol. The summed E-state index contributed by atoms with van der Waals surface area (Å²) in [4.78, 5) is 33.5. The van der Waals surface area contributed by atoms with Crippen LogP contribution in [0.5, 0.6) is 0 Å². The van der Waals surface area contributed by atoms with Crippen molar-refractivity contribution in [1.82, 2.24) is 0 Å². The van der Waals surface area contributed by atoms with Gasteiger partial charge >= 0.3 is 5.97 Å². The van der Waals surface area contributed by atoms with Gasteiger partial charge in [0.1, 0.15) is 0 Å². The Hall–Kier alpha value is -7.05. The number of ether oxygens (including phenoxy) is 1. The Balaban J connectivity index is 1.35. The molecule has 5 heterocycles. The van der Waals surface area contributed by atoms with Gasteiger partial charge in [0, 0.05) is 22.3 Å². The van der Waals surface area contributed by atoms with Crippen LogP contribution in [0.15, 0.2) is 207 Å². The van der Waals surface area contributed by atoms with E-state index in [9.17, 15) is 4.79 Å². The number of carbonyl (C=O) groups is 1. The highest BCUT2D eigenvalue weighted by atomic mass is 16.5. The minimum Gasteiger partial charge on any atom is -0.465 e. The maximum atomic E-state index is 12.3. The third-order valence-corrected chi connectivity index (χ3v) is 9.39. The van der Waals surface area contributed by atoms with Crippen molar-refractivity contribution in [1.29, 1.82) is 0 Å². The lowest BCUT2D eigenvalue weighted by Gasteiger charge is -2.12. The second-order valence-corrected chi connectivity index (χ2v) is 12.5. The van der Waals surface area contributed by atoms with Gasteiger partial charge in [0.2, 0.25) is 0 Å². The molecule has 0 aromatic heterocycles.